The molecule has 1 fully saturated rings. The van der Waals surface area contributed by atoms with Gasteiger partial charge >= 0.3 is 6.09 Å². The van der Waals surface area contributed by atoms with Crippen LogP contribution in [0.15, 0.2) is 43.2 Å². The second kappa shape index (κ2) is 8.13. The normalized spacial score (nSPS) is 15.3. The van der Waals surface area contributed by atoms with Crippen LogP contribution in [0.4, 0.5) is 4.79 Å². The van der Waals surface area contributed by atoms with Crippen LogP contribution in [0.25, 0.3) is 22.2 Å². The number of fused-ring (bicyclic) bond motifs is 1. The number of hydrogen-bond donors (Lipinski definition) is 2. The van der Waals surface area contributed by atoms with Crippen LogP contribution in [0.3, 0.4) is 0 Å². The molecule has 3 aromatic rings. The standard InChI is InChI=1S/C24H29N5O2/c1-5-6-8-20-27-18-10-9-16(13-19(18)28-20)17-14-25-21(26-15-17)24(11-7-12-24)29-22(30)31-23(2,3)4/h5,9-10,13-15H,1,6-8,11-12H2,2-4H3,(H,27,28)(H,29,30). The minimum atomic E-state index is -0.547. The van der Waals surface area contributed by atoms with Gasteiger partial charge in [0.15, 0.2) is 5.82 Å². The number of rotatable bonds is 6. The topological polar surface area (TPSA) is 92.8 Å². The van der Waals surface area contributed by atoms with Crippen molar-refractivity contribution in [3.05, 3.63) is 54.9 Å². The number of hydrogen-bond acceptors (Lipinski definition) is 5. The molecule has 7 heteroatoms. The molecule has 1 aliphatic rings. The van der Waals surface area contributed by atoms with E-state index in [2.05, 4.69) is 37.9 Å². The summed E-state index contributed by atoms with van der Waals surface area (Å²) in [5, 5.41) is 3.00. The lowest BCUT2D eigenvalue weighted by molar-refractivity contribution is 0.0365. The van der Waals surface area contributed by atoms with Gasteiger partial charge in [-0.3, -0.25) is 0 Å². The molecule has 2 aromatic heterocycles. The number of amides is 1. The summed E-state index contributed by atoms with van der Waals surface area (Å²) < 4.78 is 5.43. The summed E-state index contributed by atoms with van der Waals surface area (Å²) >= 11 is 0. The maximum atomic E-state index is 12.3. The first-order valence-corrected chi connectivity index (χ1v) is 10.7. The highest BCUT2D eigenvalue weighted by Crippen LogP contribution is 2.40. The molecule has 2 N–H and O–H groups in total. The molecule has 0 spiro atoms. The first-order chi connectivity index (χ1) is 14.8. The molecular formula is C24H29N5O2. The molecule has 0 bridgehead atoms. The van der Waals surface area contributed by atoms with Gasteiger partial charge in [-0.1, -0.05) is 12.1 Å². The molecule has 2 heterocycles. The van der Waals surface area contributed by atoms with Gasteiger partial charge in [-0.25, -0.2) is 19.7 Å². The third kappa shape index (κ3) is 4.60. The number of nitrogens with one attached hydrogen (secondary N) is 2. The monoisotopic (exact) mass is 419 g/mol. The summed E-state index contributed by atoms with van der Waals surface area (Å²) in [5.74, 6) is 1.58. The van der Waals surface area contributed by atoms with Crippen LogP contribution in [-0.4, -0.2) is 31.6 Å². The second-order valence-electron chi connectivity index (χ2n) is 9.10. The summed E-state index contributed by atoms with van der Waals surface area (Å²) in [6.45, 7) is 9.32. The van der Waals surface area contributed by atoms with Crippen LogP contribution < -0.4 is 5.32 Å². The van der Waals surface area contributed by atoms with Gasteiger partial charge in [-0.2, -0.15) is 0 Å². The Morgan fingerprint density at radius 3 is 2.61 bits per heavy atom. The largest absolute Gasteiger partial charge is 0.444 e. The van der Waals surface area contributed by atoms with Gasteiger partial charge in [-0.05, 0) is 64.2 Å². The predicted octanol–water partition coefficient (Wildman–Crippen LogP) is 5.04. The number of carbonyl (C=O) groups excluding carboxylic acids is 1. The fourth-order valence-corrected chi connectivity index (χ4v) is 3.76. The molecule has 162 valence electrons. The molecule has 0 saturated heterocycles. The molecule has 4 rings (SSSR count). The molecule has 1 aliphatic carbocycles. The van der Waals surface area contributed by atoms with Gasteiger partial charge in [0.25, 0.3) is 0 Å². The molecule has 7 nitrogen and oxygen atoms in total. The number of aryl methyl sites for hydroxylation is 1. The van der Waals surface area contributed by atoms with Crippen LogP contribution in [-0.2, 0) is 16.7 Å². The zero-order valence-electron chi connectivity index (χ0n) is 18.4. The van der Waals surface area contributed by atoms with Crippen LogP contribution in [0.2, 0.25) is 0 Å². The minimum absolute atomic E-state index is 0.433. The fourth-order valence-electron chi connectivity index (χ4n) is 3.76. The van der Waals surface area contributed by atoms with Gasteiger partial charge in [0.05, 0.1) is 11.0 Å². The van der Waals surface area contributed by atoms with E-state index >= 15 is 0 Å². The van der Waals surface area contributed by atoms with E-state index in [1.165, 1.54) is 0 Å². The maximum absolute atomic E-state index is 12.3. The Balaban J connectivity index is 1.53. The van der Waals surface area contributed by atoms with Crippen molar-refractivity contribution in [2.24, 2.45) is 0 Å². The Morgan fingerprint density at radius 2 is 2.00 bits per heavy atom. The van der Waals surface area contributed by atoms with Crippen molar-refractivity contribution >= 4 is 17.1 Å². The Kier molecular flexibility index (Phi) is 5.52. The smallest absolute Gasteiger partial charge is 0.408 e. The lowest BCUT2D eigenvalue weighted by atomic mass is 9.76. The van der Waals surface area contributed by atoms with Gasteiger partial charge in [0.1, 0.15) is 17.0 Å². The molecule has 1 aromatic carbocycles. The third-order valence-corrected chi connectivity index (χ3v) is 5.48. The molecule has 0 atom stereocenters. The van der Waals surface area contributed by atoms with Crippen molar-refractivity contribution < 1.29 is 9.53 Å². The highest BCUT2D eigenvalue weighted by atomic mass is 16.6. The number of benzene rings is 1. The first-order valence-electron chi connectivity index (χ1n) is 10.7. The number of allylic oxidation sites excluding steroid dienone is 1. The Hall–Kier alpha value is -3.22. The fraction of sp³-hybridized carbons (Fsp3) is 0.417. The molecular weight excluding hydrogens is 390 g/mol. The lowest BCUT2D eigenvalue weighted by Crippen LogP contribution is -2.53. The number of imidazole rings is 1. The molecule has 0 radical (unpaired) electrons. The number of carbonyl (C=O) groups is 1. The highest BCUT2D eigenvalue weighted by molar-refractivity contribution is 5.81. The quantitative estimate of drug-likeness (QED) is 0.546. The number of nitrogens with zero attached hydrogens (tertiary/aromatic N) is 3. The van der Waals surface area contributed by atoms with Gasteiger partial charge in [-0.15, -0.1) is 6.58 Å². The summed E-state index contributed by atoms with van der Waals surface area (Å²) in [5.41, 5.74) is 2.77. The predicted molar refractivity (Wildman–Crippen MR) is 121 cm³/mol. The van der Waals surface area contributed by atoms with Gasteiger partial charge in [0, 0.05) is 24.4 Å². The maximum Gasteiger partial charge on any atom is 0.408 e. The molecule has 1 amide bonds. The number of H-pyrrole nitrogens is 1. The lowest BCUT2D eigenvalue weighted by Gasteiger charge is -2.41. The van der Waals surface area contributed by atoms with Crippen LogP contribution in [0.1, 0.15) is 58.1 Å². The molecule has 0 unspecified atom stereocenters. The molecule has 1 saturated carbocycles. The second-order valence-corrected chi connectivity index (χ2v) is 9.10. The van der Waals surface area contributed by atoms with Crippen LogP contribution in [0, 0.1) is 0 Å². The first kappa shape index (κ1) is 21.0. The Morgan fingerprint density at radius 1 is 1.26 bits per heavy atom. The van der Waals surface area contributed by atoms with Crippen molar-refractivity contribution in [1.29, 1.82) is 0 Å². The van der Waals surface area contributed by atoms with Crippen LogP contribution in [0.5, 0.6) is 0 Å². The Bertz CT molecular complexity index is 1090. The van der Waals surface area contributed by atoms with E-state index in [0.717, 1.165) is 60.1 Å². The van der Waals surface area contributed by atoms with E-state index < -0.39 is 17.2 Å². The van der Waals surface area contributed by atoms with Crippen LogP contribution >= 0.6 is 0 Å². The van der Waals surface area contributed by atoms with E-state index in [-0.39, 0.29) is 0 Å². The van der Waals surface area contributed by atoms with Crippen molar-refractivity contribution in [2.45, 2.75) is 64.0 Å². The minimum Gasteiger partial charge on any atom is -0.444 e. The number of aromatic amines is 1. The van der Waals surface area contributed by atoms with Crippen molar-refractivity contribution in [1.82, 2.24) is 25.3 Å². The SMILES string of the molecule is C=CCCc1nc2ccc(-c3cnc(C4(NC(=O)OC(C)(C)C)CCC4)nc3)cc2[nH]1. The van der Waals surface area contributed by atoms with Crippen molar-refractivity contribution in [3.63, 3.8) is 0 Å². The number of alkyl carbamates (subject to hydrolysis) is 1. The number of ether oxygens (including phenoxy) is 1. The van der Waals surface area contributed by atoms with E-state index in [9.17, 15) is 4.79 Å². The van der Waals surface area contributed by atoms with Gasteiger partial charge < -0.3 is 15.0 Å². The highest BCUT2D eigenvalue weighted by Gasteiger charge is 2.43. The Labute approximate surface area is 182 Å². The van der Waals surface area contributed by atoms with E-state index in [1.807, 2.05) is 51.4 Å². The molecule has 0 aliphatic heterocycles. The van der Waals surface area contributed by atoms with E-state index in [4.69, 9.17) is 4.74 Å². The average molecular weight is 420 g/mol. The zero-order valence-corrected chi connectivity index (χ0v) is 18.4. The summed E-state index contributed by atoms with van der Waals surface area (Å²) in [6.07, 6.45) is 9.45. The van der Waals surface area contributed by atoms with E-state index in [0.29, 0.717) is 5.82 Å². The van der Waals surface area contributed by atoms with E-state index in [1.54, 1.807) is 0 Å². The average Bonchev–Trinajstić information content (AvgIpc) is 3.10. The van der Waals surface area contributed by atoms with Crippen molar-refractivity contribution in [2.75, 3.05) is 0 Å². The van der Waals surface area contributed by atoms with Crippen molar-refractivity contribution in [3.8, 4) is 11.1 Å². The zero-order chi connectivity index (χ0) is 22.1. The third-order valence-electron chi connectivity index (χ3n) is 5.48. The number of aromatic nitrogens is 4. The van der Waals surface area contributed by atoms with Gasteiger partial charge in [0.2, 0.25) is 0 Å². The summed E-state index contributed by atoms with van der Waals surface area (Å²) in [6, 6.07) is 6.09. The summed E-state index contributed by atoms with van der Waals surface area (Å²) in [4.78, 5) is 29.5. The molecule has 31 heavy (non-hydrogen) atoms. The summed E-state index contributed by atoms with van der Waals surface area (Å²) in [7, 11) is 0.